The van der Waals surface area contributed by atoms with E-state index in [9.17, 15) is 8.42 Å². The molecule has 1 unspecified atom stereocenters. The molecular formula is C17H22N4O2S. The maximum atomic E-state index is 12.6. The topological polar surface area (TPSA) is 75.2 Å². The highest BCUT2D eigenvalue weighted by Gasteiger charge is 2.26. The fraction of sp³-hybridized carbons (Fsp3) is 0.412. The Morgan fingerprint density at radius 2 is 1.88 bits per heavy atom. The van der Waals surface area contributed by atoms with Crippen LogP contribution in [0.2, 0.25) is 0 Å². The highest BCUT2D eigenvalue weighted by Crippen LogP contribution is 2.22. The molecule has 1 aliphatic rings. The molecule has 1 aliphatic heterocycles. The quantitative estimate of drug-likeness (QED) is 0.901. The van der Waals surface area contributed by atoms with Crippen molar-refractivity contribution >= 4 is 15.8 Å². The van der Waals surface area contributed by atoms with Gasteiger partial charge in [0, 0.05) is 25.5 Å². The molecule has 2 aromatic heterocycles. The van der Waals surface area contributed by atoms with Crippen LogP contribution in [-0.2, 0) is 10.0 Å². The lowest BCUT2D eigenvalue weighted by molar-refractivity contribution is 0.346. The van der Waals surface area contributed by atoms with Gasteiger partial charge in [0.05, 0.1) is 11.7 Å². The van der Waals surface area contributed by atoms with Crippen LogP contribution in [0.1, 0.15) is 37.9 Å². The molecule has 0 aromatic carbocycles. The first-order chi connectivity index (χ1) is 11.6. The van der Waals surface area contributed by atoms with Gasteiger partial charge in [-0.3, -0.25) is 4.98 Å². The largest absolute Gasteiger partial charge is 0.362 e. The number of piperidine rings is 1. The minimum atomic E-state index is -3.43. The van der Waals surface area contributed by atoms with E-state index < -0.39 is 10.0 Å². The van der Waals surface area contributed by atoms with E-state index in [0.29, 0.717) is 18.9 Å². The number of nitrogens with zero attached hydrogens (tertiary/aromatic N) is 3. The molecule has 24 heavy (non-hydrogen) atoms. The Labute approximate surface area is 143 Å². The number of pyridine rings is 2. The van der Waals surface area contributed by atoms with Crippen LogP contribution in [0.4, 0.5) is 5.82 Å². The molecule has 7 heteroatoms. The fourth-order valence-electron chi connectivity index (χ4n) is 2.80. The molecular weight excluding hydrogens is 324 g/mol. The maximum Gasteiger partial charge on any atom is 0.244 e. The summed E-state index contributed by atoms with van der Waals surface area (Å²) in [6, 6.07) is 9.05. The first kappa shape index (κ1) is 16.9. The van der Waals surface area contributed by atoms with E-state index in [0.717, 1.165) is 25.0 Å². The molecule has 0 spiro atoms. The molecule has 0 radical (unpaired) electrons. The summed E-state index contributed by atoms with van der Waals surface area (Å²) in [6.07, 6.45) is 6.12. The van der Waals surface area contributed by atoms with Gasteiger partial charge in [0.15, 0.2) is 0 Å². The summed E-state index contributed by atoms with van der Waals surface area (Å²) >= 11 is 0. The summed E-state index contributed by atoms with van der Waals surface area (Å²) in [6.45, 7) is 3.18. The number of aromatic nitrogens is 2. The van der Waals surface area contributed by atoms with E-state index >= 15 is 0 Å². The van der Waals surface area contributed by atoms with Crippen molar-refractivity contribution < 1.29 is 8.42 Å². The van der Waals surface area contributed by atoms with Gasteiger partial charge in [0.1, 0.15) is 10.7 Å². The first-order valence-electron chi connectivity index (χ1n) is 8.21. The van der Waals surface area contributed by atoms with Crippen molar-refractivity contribution in [3.8, 4) is 0 Å². The van der Waals surface area contributed by atoms with Crippen LogP contribution in [0.25, 0.3) is 0 Å². The van der Waals surface area contributed by atoms with Crippen molar-refractivity contribution in [2.45, 2.75) is 37.1 Å². The Morgan fingerprint density at radius 1 is 1.08 bits per heavy atom. The molecule has 3 rings (SSSR count). The van der Waals surface area contributed by atoms with Crippen molar-refractivity contribution in [2.75, 3.05) is 18.4 Å². The van der Waals surface area contributed by atoms with Gasteiger partial charge in [0.2, 0.25) is 10.0 Å². The molecule has 0 aliphatic carbocycles. The van der Waals surface area contributed by atoms with Crippen molar-refractivity contribution in [3.05, 3.63) is 48.4 Å². The summed E-state index contributed by atoms with van der Waals surface area (Å²) in [7, 11) is -3.43. The van der Waals surface area contributed by atoms with Gasteiger partial charge in [-0.15, -0.1) is 0 Å². The van der Waals surface area contributed by atoms with Crippen LogP contribution in [0.3, 0.4) is 0 Å². The van der Waals surface area contributed by atoms with E-state index in [1.807, 2.05) is 25.1 Å². The van der Waals surface area contributed by atoms with Crippen molar-refractivity contribution in [2.24, 2.45) is 0 Å². The number of sulfonamides is 1. The molecule has 1 fully saturated rings. The standard InChI is InChI=1S/C17H22N4O2S/c1-14(16-7-3-4-10-18-16)20-17-9-8-15(13-19-17)24(22,23)21-11-5-2-6-12-21/h3-4,7-10,13-14H,2,5-6,11-12H2,1H3,(H,19,20). The normalized spacial score (nSPS) is 17.4. The zero-order valence-corrected chi connectivity index (χ0v) is 14.5. The fourth-order valence-corrected chi connectivity index (χ4v) is 4.26. The van der Waals surface area contributed by atoms with Crippen LogP contribution < -0.4 is 5.32 Å². The van der Waals surface area contributed by atoms with E-state index in [-0.39, 0.29) is 10.9 Å². The molecule has 0 amide bonds. The average molecular weight is 346 g/mol. The average Bonchev–Trinajstić information content (AvgIpc) is 2.63. The van der Waals surface area contributed by atoms with Crippen molar-refractivity contribution in [1.82, 2.24) is 14.3 Å². The summed E-state index contributed by atoms with van der Waals surface area (Å²) in [5.74, 6) is 0.630. The second kappa shape index (κ2) is 7.27. The van der Waals surface area contributed by atoms with Crippen molar-refractivity contribution in [1.29, 1.82) is 0 Å². The van der Waals surface area contributed by atoms with E-state index in [2.05, 4.69) is 15.3 Å². The zero-order valence-electron chi connectivity index (χ0n) is 13.7. The van der Waals surface area contributed by atoms with Gasteiger partial charge < -0.3 is 5.32 Å². The summed E-state index contributed by atoms with van der Waals surface area (Å²) < 4.78 is 26.7. The molecule has 1 atom stereocenters. The summed E-state index contributed by atoms with van der Waals surface area (Å²) in [4.78, 5) is 8.81. The molecule has 0 bridgehead atoms. The van der Waals surface area contributed by atoms with Gasteiger partial charge in [-0.05, 0) is 44.0 Å². The lowest BCUT2D eigenvalue weighted by Gasteiger charge is -2.25. The van der Waals surface area contributed by atoms with Crippen LogP contribution in [-0.4, -0.2) is 35.8 Å². The summed E-state index contributed by atoms with van der Waals surface area (Å²) in [5, 5.41) is 3.23. The molecule has 6 nitrogen and oxygen atoms in total. The third-order valence-corrected chi connectivity index (χ3v) is 6.07. The Kier molecular flexibility index (Phi) is 5.11. The lowest BCUT2D eigenvalue weighted by atomic mass is 10.2. The highest BCUT2D eigenvalue weighted by atomic mass is 32.2. The van der Waals surface area contributed by atoms with Gasteiger partial charge >= 0.3 is 0 Å². The zero-order chi connectivity index (χ0) is 17.0. The van der Waals surface area contributed by atoms with E-state index in [4.69, 9.17) is 0 Å². The predicted molar refractivity (Wildman–Crippen MR) is 93.1 cm³/mol. The number of nitrogens with one attached hydrogen (secondary N) is 1. The third-order valence-electron chi connectivity index (χ3n) is 4.18. The van der Waals surface area contributed by atoms with Gasteiger partial charge in [-0.25, -0.2) is 13.4 Å². The van der Waals surface area contributed by atoms with Crippen LogP contribution >= 0.6 is 0 Å². The Hall–Kier alpha value is -1.99. The second-order valence-electron chi connectivity index (χ2n) is 5.96. The van der Waals surface area contributed by atoms with Crippen LogP contribution in [0.5, 0.6) is 0 Å². The van der Waals surface area contributed by atoms with Crippen LogP contribution in [0, 0.1) is 0 Å². The van der Waals surface area contributed by atoms with Crippen LogP contribution in [0.15, 0.2) is 47.6 Å². The second-order valence-corrected chi connectivity index (χ2v) is 7.90. The number of hydrogen-bond donors (Lipinski definition) is 1. The monoisotopic (exact) mass is 346 g/mol. The molecule has 128 valence electrons. The Morgan fingerprint density at radius 3 is 2.50 bits per heavy atom. The first-order valence-corrected chi connectivity index (χ1v) is 9.65. The third kappa shape index (κ3) is 3.73. The number of anilines is 1. The smallest absolute Gasteiger partial charge is 0.244 e. The van der Waals surface area contributed by atoms with E-state index in [1.54, 1.807) is 22.6 Å². The lowest BCUT2D eigenvalue weighted by Crippen LogP contribution is -2.35. The molecule has 2 aromatic rings. The minimum Gasteiger partial charge on any atom is -0.362 e. The van der Waals surface area contributed by atoms with Gasteiger partial charge in [-0.1, -0.05) is 12.5 Å². The van der Waals surface area contributed by atoms with E-state index in [1.165, 1.54) is 6.20 Å². The number of rotatable bonds is 5. The van der Waals surface area contributed by atoms with Gasteiger partial charge in [-0.2, -0.15) is 4.31 Å². The minimum absolute atomic E-state index is 0.0109. The maximum absolute atomic E-state index is 12.6. The molecule has 3 heterocycles. The Bertz CT molecular complexity index is 757. The Balaban J connectivity index is 1.71. The highest BCUT2D eigenvalue weighted by molar-refractivity contribution is 7.89. The molecule has 1 saturated heterocycles. The van der Waals surface area contributed by atoms with Gasteiger partial charge in [0.25, 0.3) is 0 Å². The SMILES string of the molecule is CC(Nc1ccc(S(=O)(=O)N2CCCCC2)cn1)c1ccccn1. The molecule has 0 saturated carbocycles. The predicted octanol–water partition coefficient (Wildman–Crippen LogP) is 2.82. The van der Waals surface area contributed by atoms with Crippen molar-refractivity contribution in [3.63, 3.8) is 0 Å². The summed E-state index contributed by atoms with van der Waals surface area (Å²) in [5.41, 5.74) is 0.907. The molecule has 1 N–H and O–H groups in total. The number of hydrogen-bond acceptors (Lipinski definition) is 5.